The lowest BCUT2D eigenvalue weighted by Crippen LogP contribution is -2.03. The van der Waals surface area contributed by atoms with Crippen LogP contribution in [0.15, 0.2) is 0 Å². The third-order valence-corrected chi connectivity index (χ3v) is 0.387. The first-order valence-corrected chi connectivity index (χ1v) is 1.56. The molecule has 0 aliphatic heterocycles. The summed E-state index contributed by atoms with van der Waals surface area (Å²) >= 11 is 3.68. The molecule has 3 heteroatoms. The van der Waals surface area contributed by atoms with Crippen molar-refractivity contribution in [2.75, 3.05) is 7.05 Å². The van der Waals surface area contributed by atoms with Crippen molar-refractivity contribution in [3.05, 3.63) is 0 Å². The fourth-order valence-corrected chi connectivity index (χ4v) is 0. The number of nitrogens with one attached hydrogen (secondary N) is 1. The van der Waals surface area contributed by atoms with Crippen LogP contribution in [0.25, 0.3) is 0 Å². The summed E-state index contributed by atoms with van der Waals surface area (Å²) in [6.45, 7) is 1.57. The van der Waals surface area contributed by atoms with Crippen LogP contribution in [-0.4, -0.2) is 13.7 Å². The lowest BCUT2D eigenvalue weighted by molar-refractivity contribution is 1.27. The third kappa shape index (κ3) is 2.37. The van der Waals surface area contributed by atoms with Crippen molar-refractivity contribution in [2.45, 2.75) is 0 Å². The second kappa shape index (κ2) is 3.37. The van der Waals surface area contributed by atoms with Crippen molar-refractivity contribution in [1.29, 1.82) is 0 Å². The minimum atomic E-state index is 1.57. The summed E-state index contributed by atoms with van der Waals surface area (Å²) in [5.74, 6) is 0. The predicted octanol–water partition coefficient (Wildman–Crippen LogP) is -0.330. The van der Waals surface area contributed by atoms with E-state index in [4.69, 9.17) is 0 Å². The van der Waals surface area contributed by atoms with E-state index in [0.29, 0.717) is 0 Å². The number of thiol groups is 1. The number of rotatable bonds is 1. The molecule has 23 valence electrons. The van der Waals surface area contributed by atoms with Crippen LogP contribution < -0.4 is 5.23 Å². The summed E-state index contributed by atoms with van der Waals surface area (Å²) in [5, 5.41) is 2.67. The van der Waals surface area contributed by atoms with E-state index < -0.39 is 0 Å². The average Bonchev–Trinajstić information content (AvgIpc) is 1.37. The van der Waals surface area contributed by atoms with Gasteiger partial charge in [0.2, 0.25) is 0 Å². The normalized spacial score (nSPS) is 6.50. The van der Waals surface area contributed by atoms with Gasteiger partial charge in [0.15, 0.2) is 0 Å². The number of hydrogen-bond acceptors (Lipinski definition) is 2. The highest BCUT2D eigenvalue weighted by molar-refractivity contribution is 8.06. The van der Waals surface area contributed by atoms with E-state index in [-0.39, 0.29) is 0 Å². The van der Waals surface area contributed by atoms with E-state index in [9.17, 15) is 0 Å². The molecule has 0 saturated heterocycles. The van der Waals surface area contributed by atoms with E-state index in [1.807, 2.05) is 0 Å². The topological polar surface area (TPSA) is 12.0 Å². The standard InChI is InChI=1S/CH5BNS/c1-3-2-4/h3-4H,1H3. The zero-order chi connectivity index (χ0) is 3.41. The SMILES string of the molecule is CN[B]S. The van der Waals surface area contributed by atoms with Gasteiger partial charge in [0, 0.05) is 0 Å². The van der Waals surface area contributed by atoms with Gasteiger partial charge in [0.1, 0.15) is 0 Å². The Balaban J connectivity index is 1.97. The number of hydrogen-bond donors (Lipinski definition) is 2. The van der Waals surface area contributed by atoms with Gasteiger partial charge in [-0.25, -0.2) is 12.5 Å². The molecule has 0 aromatic heterocycles. The highest BCUT2D eigenvalue weighted by atomic mass is 32.1. The first-order chi connectivity index (χ1) is 1.91. The van der Waals surface area contributed by atoms with Gasteiger partial charge in [0.05, 0.1) is 0 Å². The summed E-state index contributed by atoms with van der Waals surface area (Å²) in [6, 6.07) is 0. The van der Waals surface area contributed by atoms with Crippen molar-refractivity contribution in [1.82, 2.24) is 5.23 Å². The van der Waals surface area contributed by atoms with Gasteiger partial charge < -0.3 is 5.23 Å². The average molecular weight is 73.9 g/mol. The lowest BCUT2D eigenvalue weighted by Gasteiger charge is -1.71. The zero-order valence-corrected chi connectivity index (χ0v) is 3.42. The molecule has 0 aliphatic carbocycles. The Morgan fingerprint density at radius 2 is 2.25 bits per heavy atom. The van der Waals surface area contributed by atoms with Gasteiger partial charge in [-0.15, -0.1) is 0 Å². The molecule has 1 N–H and O–H groups in total. The second-order valence-corrected chi connectivity index (χ2v) is 0.676. The van der Waals surface area contributed by atoms with E-state index >= 15 is 0 Å². The predicted molar refractivity (Wildman–Crippen MR) is 23.8 cm³/mol. The molecule has 0 bridgehead atoms. The lowest BCUT2D eigenvalue weighted by atomic mass is 10.4. The highest BCUT2D eigenvalue weighted by Crippen LogP contribution is 1.47. The second-order valence-electron chi connectivity index (χ2n) is 0.418. The van der Waals surface area contributed by atoms with Gasteiger partial charge in [0.25, 0.3) is 6.69 Å². The molecule has 0 aliphatic rings. The van der Waals surface area contributed by atoms with Gasteiger partial charge in [-0.2, -0.15) is 0 Å². The maximum Gasteiger partial charge on any atom is 0.281 e. The molecule has 0 heterocycles. The van der Waals surface area contributed by atoms with Crippen molar-refractivity contribution >= 4 is 19.2 Å². The van der Waals surface area contributed by atoms with Crippen LogP contribution in [0.5, 0.6) is 0 Å². The molecule has 0 unspecified atom stereocenters. The van der Waals surface area contributed by atoms with Crippen molar-refractivity contribution in [2.24, 2.45) is 0 Å². The third-order valence-electron chi connectivity index (χ3n) is 0.129. The van der Waals surface area contributed by atoms with Gasteiger partial charge >= 0.3 is 0 Å². The molecule has 0 saturated carbocycles. The molecule has 1 radical (unpaired) electrons. The molecule has 0 rings (SSSR count). The molecular formula is CH5BNS. The van der Waals surface area contributed by atoms with Crippen LogP contribution in [-0.2, 0) is 0 Å². The van der Waals surface area contributed by atoms with Crippen LogP contribution in [0.2, 0.25) is 0 Å². The maximum atomic E-state index is 3.68. The molecule has 0 aromatic carbocycles. The molecule has 0 aromatic rings. The van der Waals surface area contributed by atoms with Gasteiger partial charge in [-0.3, -0.25) is 0 Å². The van der Waals surface area contributed by atoms with Gasteiger partial charge in [-0.05, 0) is 7.05 Å². The van der Waals surface area contributed by atoms with E-state index in [1.165, 1.54) is 0 Å². The Labute approximate surface area is 32.4 Å². The Hall–Kier alpha value is 0.375. The zero-order valence-electron chi connectivity index (χ0n) is 2.52. The Morgan fingerprint density at radius 1 is 2.00 bits per heavy atom. The minimum absolute atomic E-state index is 1.57. The monoisotopic (exact) mass is 74.0 g/mol. The highest BCUT2D eigenvalue weighted by Gasteiger charge is 1.59. The molecule has 1 nitrogen and oxygen atoms in total. The molecule has 0 spiro atoms. The minimum Gasteiger partial charge on any atom is -0.353 e. The maximum absolute atomic E-state index is 3.68. The summed E-state index contributed by atoms with van der Waals surface area (Å²) in [5.41, 5.74) is 0. The Bertz CT molecular complexity index is 10.0. The summed E-state index contributed by atoms with van der Waals surface area (Å²) in [6.07, 6.45) is 0. The smallest absolute Gasteiger partial charge is 0.281 e. The molecule has 4 heavy (non-hydrogen) atoms. The van der Waals surface area contributed by atoms with Crippen molar-refractivity contribution in [3.8, 4) is 0 Å². The Kier molecular flexibility index (Phi) is 3.69. The summed E-state index contributed by atoms with van der Waals surface area (Å²) < 4.78 is 0. The largest absolute Gasteiger partial charge is 0.353 e. The van der Waals surface area contributed by atoms with Crippen molar-refractivity contribution in [3.63, 3.8) is 0 Å². The van der Waals surface area contributed by atoms with Gasteiger partial charge in [-0.1, -0.05) is 0 Å². The van der Waals surface area contributed by atoms with Crippen LogP contribution in [0.1, 0.15) is 0 Å². The van der Waals surface area contributed by atoms with Crippen LogP contribution in [0.3, 0.4) is 0 Å². The quantitative estimate of drug-likeness (QED) is 0.320. The van der Waals surface area contributed by atoms with Crippen LogP contribution in [0, 0.1) is 0 Å². The first-order valence-electron chi connectivity index (χ1n) is 1.05. The van der Waals surface area contributed by atoms with Crippen molar-refractivity contribution < 1.29 is 0 Å². The van der Waals surface area contributed by atoms with E-state index in [1.54, 1.807) is 13.7 Å². The van der Waals surface area contributed by atoms with E-state index in [2.05, 4.69) is 17.7 Å². The molecule has 0 amide bonds. The van der Waals surface area contributed by atoms with E-state index in [0.717, 1.165) is 0 Å². The molecule has 0 fully saturated rings. The summed E-state index contributed by atoms with van der Waals surface area (Å²) in [4.78, 5) is 0. The molecule has 0 atom stereocenters. The fourth-order valence-electron chi connectivity index (χ4n) is 0. The first kappa shape index (κ1) is 4.37. The van der Waals surface area contributed by atoms with Crippen LogP contribution >= 0.6 is 12.5 Å². The fraction of sp³-hybridized carbons (Fsp3) is 1.00. The Morgan fingerprint density at radius 3 is 2.25 bits per heavy atom. The summed E-state index contributed by atoms with van der Waals surface area (Å²) in [7, 11) is 1.80. The molecular weight excluding hydrogens is 68.9 g/mol. The van der Waals surface area contributed by atoms with Crippen LogP contribution in [0.4, 0.5) is 0 Å².